The summed E-state index contributed by atoms with van der Waals surface area (Å²) in [5.74, 6) is 0.0460. The van der Waals surface area contributed by atoms with E-state index in [2.05, 4.69) is 34.6 Å². The maximum atomic E-state index is 13.1. The molecule has 2 aromatic carbocycles. The molecule has 152 valence electrons. The molecule has 0 saturated carbocycles. The van der Waals surface area contributed by atoms with Crippen LogP contribution in [0.15, 0.2) is 67.0 Å². The molecule has 1 saturated heterocycles. The first kappa shape index (κ1) is 19.1. The SMILES string of the molecule is O=C(OCC1c2ccccc2-c2ccccc21)N1CCNCC1c1cnccc1Cl. The maximum Gasteiger partial charge on any atom is 0.410 e. The predicted octanol–water partition coefficient (Wildman–Crippen LogP) is 4.63. The molecule has 1 amide bonds. The summed E-state index contributed by atoms with van der Waals surface area (Å²) in [5, 5.41) is 3.94. The molecule has 1 unspecified atom stereocenters. The summed E-state index contributed by atoms with van der Waals surface area (Å²) < 4.78 is 5.87. The number of aromatic nitrogens is 1. The molecule has 1 N–H and O–H groups in total. The van der Waals surface area contributed by atoms with E-state index in [4.69, 9.17) is 16.3 Å². The van der Waals surface area contributed by atoms with Crippen molar-refractivity contribution in [2.24, 2.45) is 0 Å². The molecule has 1 atom stereocenters. The summed E-state index contributed by atoms with van der Waals surface area (Å²) in [6.45, 7) is 2.21. The fourth-order valence-electron chi connectivity index (χ4n) is 4.51. The minimum absolute atomic E-state index is 0.0460. The number of nitrogens with one attached hydrogen (secondary N) is 1. The molecule has 3 aromatic rings. The Balaban J connectivity index is 1.36. The lowest BCUT2D eigenvalue weighted by molar-refractivity contribution is 0.0752. The molecule has 6 heteroatoms. The van der Waals surface area contributed by atoms with Crippen molar-refractivity contribution >= 4 is 17.7 Å². The van der Waals surface area contributed by atoms with Crippen LogP contribution in [0, 0.1) is 0 Å². The number of benzene rings is 2. The number of carbonyl (C=O) groups excluding carboxylic acids is 1. The van der Waals surface area contributed by atoms with Gasteiger partial charge in [-0.1, -0.05) is 60.1 Å². The van der Waals surface area contributed by atoms with Crippen molar-refractivity contribution in [3.63, 3.8) is 0 Å². The lowest BCUT2D eigenvalue weighted by atomic mass is 9.98. The van der Waals surface area contributed by atoms with Gasteiger partial charge in [0.25, 0.3) is 0 Å². The predicted molar refractivity (Wildman–Crippen MR) is 117 cm³/mol. The van der Waals surface area contributed by atoms with Crippen molar-refractivity contribution in [1.29, 1.82) is 0 Å². The van der Waals surface area contributed by atoms with Crippen LogP contribution in [-0.4, -0.2) is 42.2 Å². The van der Waals surface area contributed by atoms with E-state index in [0.29, 0.717) is 24.7 Å². The quantitative estimate of drug-likeness (QED) is 0.672. The van der Waals surface area contributed by atoms with Crippen LogP contribution >= 0.6 is 11.6 Å². The zero-order valence-electron chi connectivity index (χ0n) is 16.4. The van der Waals surface area contributed by atoms with Crippen LogP contribution in [0.3, 0.4) is 0 Å². The van der Waals surface area contributed by atoms with Crippen LogP contribution < -0.4 is 5.32 Å². The van der Waals surface area contributed by atoms with E-state index in [-0.39, 0.29) is 18.1 Å². The zero-order valence-corrected chi connectivity index (χ0v) is 17.2. The number of carbonyl (C=O) groups is 1. The lowest BCUT2D eigenvalue weighted by Gasteiger charge is -2.36. The van der Waals surface area contributed by atoms with E-state index in [1.54, 1.807) is 23.4 Å². The monoisotopic (exact) mass is 419 g/mol. The summed E-state index contributed by atoms with van der Waals surface area (Å²) in [6, 6.07) is 18.2. The summed E-state index contributed by atoms with van der Waals surface area (Å²) >= 11 is 6.37. The molecule has 1 fully saturated rings. The van der Waals surface area contributed by atoms with Crippen molar-refractivity contribution in [2.45, 2.75) is 12.0 Å². The van der Waals surface area contributed by atoms with Gasteiger partial charge in [0, 0.05) is 48.5 Å². The van der Waals surface area contributed by atoms with Gasteiger partial charge in [-0.25, -0.2) is 4.79 Å². The summed E-state index contributed by atoms with van der Waals surface area (Å²) in [4.78, 5) is 19.0. The van der Waals surface area contributed by atoms with E-state index in [9.17, 15) is 4.79 Å². The number of nitrogens with zero attached hydrogens (tertiary/aromatic N) is 2. The molecule has 1 aliphatic heterocycles. The average molecular weight is 420 g/mol. The van der Waals surface area contributed by atoms with E-state index < -0.39 is 0 Å². The Hall–Kier alpha value is -2.89. The number of pyridine rings is 1. The van der Waals surface area contributed by atoms with Crippen molar-refractivity contribution in [1.82, 2.24) is 15.2 Å². The van der Waals surface area contributed by atoms with Gasteiger partial charge in [0.15, 0.2) is 0 Å². The van der Waals surface area contributed by atoms with Crippen molar-refractivity contribution in [3.05, 3.63) is 88.7 Å². The third-order valence-electron chi connectivity index (χ3n) is 5.97. The average Bonchev–Trinajstić information content (AvgIpc) is 3.12. The van der Waals surface area contributed by atoms with Gasteiger partial charge in [-0.2, -0.15) is 0 Å². The molecule has 1 aliphatic carbocycles. The molecule has 1 aromatic heterocycles. The molecule has 5 rings (SSSR count). The minimum atomic E-state index is -0.316. The molecule has 2 heterocycles. The molecule has 30 heavy (non-hydrogen) atoms. The Morgan fingerprint density at radius 3 is 2.47 bits per heavy atom. The normalized spacial score (nSPS) is 18.0. The van der Waals surface area contributed by atoms with E-state index >= 15 is 0 Å². The van der Waals surface area contributed by atoms with Gasteiger partial charge in [0.2, 0.25) is 0 Å². The first-order chi connectivity index (χ1) is 14.7. The number of amides is 1. The van der Waals surface area contributed by atoms with Crippen LogP contribution in [0.2, 0.25) is 5.02 Å². The largest absolute Gasteiger partial charge is 0.448 e. The minimum Gasteiger partial charge on any atom is -0.448 e. The topological polar surface area (TPSA) is 54.5 Å². The Labute approximate surface area is 180 Å². The first-order valence-corrected chi connectivity index (χ1v) is 10.5. The van der Waals surface area contributed by atoms with Gasteiger partial charge in [-0.3, -0.25) is 9.88 Å². The number of hydrogen-bond donors (Lipinski definition) is 1. The van der Waals surface area contributed by atoms with E-state index in [1.165, 1.54) is 22.3 Å². The lowest BCUT2D eigenvalue weighted by Crippen LogP contribution is -2.49. The highest BCUT2D eigenvalue weighted by molar-refractivity contribution is 6.31. The Morgan fingerprint density at radius 1 is 1.07 bits per heavy atom. The second-order valence-corrected chi connectivity index (χ2v) is 8.02. The van der Waals surface area contributed by atoms with Crippen molar-refractivity contribution < 1.29 is 9.53 Å². The molecule has 0 bridgehead atoms. The Kier molecular flexibility index (Phi) is 5.15. The van der Waals surface area contributed by atoms with Crippen molar-refractivity contribution in [3.8, 4) is 11.1 Å². The second-order valence-electron chi connectivity index (χ2n) is 7.61. The summed E-state index contributed by atoms with van der Waals surface area (Å²) in [5.41, 5.74) is 5.69. The second kappa shape index (κ2) is 8.09. The highest BCUT2D eigenvalue weighted by Gasteiger charge is 2.33. The highest BCUT2D eigenvalue weighted by Crippen LogP contribution is 2.44. The fourth-order valence-corrected chi connectivity index (χ4v) is 4.74. The molecule has 0 radical (unpaired) electrons. The standard InChI is InChI=1S/C24H22ClN3O2/c25-22-9-10-26-13-20(22)23-14-27-11-12-28(23)24(29)30-15-21-18-7-3-1-5-16(18)17-6-2-4-8-19(17)21/h1-10,13,21,23,27H,11-12,14-15H2. The van der Waals surface area contributed by atoms with Gasteiger partial charge in [0.1, 0.15) is 6.61 Å². The van der Waals surface area contributed by atoms with Gasteiger partial charge >= 0.3 is 6.09 Å². The smallest absolute Gasteiger partial charge is 0.410 e. The van der Waals surface area contributed by atoms with Crippen LogP contribution in [0.5, 0.6) is 0 Å². The van der Waals surface area contributed by atoms with Crippen LogP contribution in [0.4, 0.5) is 4.79 Å². The van der Waals surface area contributed by atoms with Gasteiger partial charge in [-0.05, 0) is 28.3 Å². The van der Waals surface area contributed by atoms with Crippen LogP contribution in [-0.2, 0) is 4.74 Å². The Bertz CT molecular complexity index is 1040. The van der Waals surface area contributed by atoms with Crippen LogP contribution in [0.25, 0.3) is 11.1 Å². The number of hydrogen-bond acceptors (Lipinski definition) is 4. The van der Waals surface area contributed by atoms with Gasteiger partial charge < -0.3 is 10.1 Å². The summed E-state index contributed by atoms with van der Waals surface area (Å²) in [7, 11) is 0. The number of piperazine rings is 1. The molecular weight excluding hydrogens is 398 g/mol. The maximum absolute atomic E-state index is 13.1. The number of halogens is 1. The zero-order chi connectivity index (χ0) is 20.5. The fraction of sp³-hybridized carbons (Fsp3) is 0.250. The Morgan fingerprint density at radius 2 is 1.77 bits per heavy atom. The van der Waals surface area contributed by atoms with Gasteiger partial charge in [0.05, 0.1) is 6.04 Å². The van der Waals surface area contributed by atoms with E-state index in [1.807, 2.05) is 24.3 Å². The van der Waals surface area contributed by atoms with Crippen LogP contribution in [0.1, 0.15) is 28.7 Å². The third-order valence-corrected chi connectivity index (χ3v) is 6.31. The molecule has 2 aliphatic rings. The van der Waals surface area contributed by atoms with Gasteiger partial charge in [-0.15, -0.1) is 0 Å². The third kappa shape index (κ3) is 3.34. The van der Waals surface area contributed by atoms with Crippen molar-refractivity contribution in [2.75, 3.05) is 26.2 Å². The molecule has 0 spiro atoms. The highest BCUT2D eigenvalue weighted by atomic mass is 35.5. The summed E-state index contributed by atoms with van der Waals surface area (Å²) in [6.07, 6.45) is 3.06. The number of ether oxygens (including phenoxy) is 1. The number of fused-ring (bicyclic) bond motifs is 3. The molecule has 5 nitrogen and oxygen atoms in total. The van der Waals surface area contributed by atoms with E-state index in [0.717, 1.165) is 12.1 Å². The molecular formula is C24H22ClN3O2. The number of rotatable bonds is 3. The first-order valence-electron chi connectivity index (χ1n) is 10.2.